The number of amides is 1. The van der Waals surface area contributed by atoms with Gasteiger partial charge in [0, 0.05) is 29.4 Å². The molecule has 4 nitrogen and oxygen atoms in total. The second-order valence-corrected chi connectivity index (χ2v) is 5.33. The van der Waals surface area contributed by atoms with Crippen LogP contribution in [0.2, 0.25) is 5.02 Å². The minimum atomic E-state index is -0.0543. The lowest BCUT2D eigenvalue weighted by Gasteiger charge is -2.22. The molecule has 0 radical (unpaired) electrons. The number of nitrogen functional groups attached to an aromatic ring is 1. The summed E-state index contributed by atoms with van der Waals surface area (Å²) in [6, 6.07) is 12.3. The van der Waals surface area contributed by atoms with E-state index >= 15 is 0 Å². The lowest BCUT2D eigenvalue weighted by molar-refractivity contribution is 0.0753. The van der Waals surface area contributed by atoms with Gasteiger partial charge in [0.05, 0.1) is 7.11 Å². The Morgan fingerprint density at radius 1 is 1.23 bits per heavy atom. The molecule has 5 heteroatoms. The van der Waals surface area contributed by atoms with Crippen molar-refractivity contribution >= 4 is 23.2 Å². The van der Waals surface area contributed by atoms with Gasteiger partial charge in [-0.3, -0.25) is 4.79 Å². The molecule has 2 aromatic rings. The van der Waals surface area contributed by atoms with Crippen LogP contribution in [0.15, 0.2) is 42.5 Å². The normalized spacial score (nSPS) is 10.3. The van der Waals surface area contributed by atoms with Gasteiger partial charge in [0.2, 0.25) is 0 Å². The Hall–Kier alpha value is -2.20. The second-order valence-electron chi connectivity index (χ2n) is 4.89. The van der Waals surface area contributed by atoms with Crippen molar-refractivity contribution < 1.29 is 9.53 Å². The molecule has 2 aromatic carbocycles. The number of carbonyl (C=O) groups excluding carboxylic acids is 1. The zero-order chi connectivity index (χ0) is 16.1. The van der Waals surface area contributed by atoms with Crippen molar-refractivity contribution in [1.82, 2.24) is 4.90 Å². The van der Waals surface area contributed by atoms with Crippen LogP contribution >= 0.6 is 11.6 Å². The zero-order valence-electron chi connectivity index (χ0n) is 12.7. The fourth-order valence-electron chi connectivity index (χ4n) is 2.15. The van der Waals surface area contributed by atoms with E-state index in [1.165, 1.54) is 0 Å². The van der Waals surface area contributed by atoms with Gasteiger partial charge in [0.25, 0.3) is 5.91 Å². The van der Waals surface area contributed by atoms with Gasteiger partial charge in [-0.15, -0.1) is 0 Å². The maximum absolute atomic E-state index is 12.6. The van der Waals surface area contributed by atoms with E-state index in [1.54, 1.807) is 48.4 Å². The zero-order valence-corrected chi connectivity index (χ0v) is 13.4. The van der Waals surface area contributed by atoms with Crippen molar-refractivity contribution in [1.29, 1.82) is 0 Å². The Morgan fingerprint density at radius 3 is 2.50 bits per heavy atom. The van der Waals surface area contributed by atoms with E-state index < -0.39 is 0 Å². The SMILES string of the molecule is CCN(Cc1cc(OC)ccc1N)C(=O)c1ccc(Cl)cc1. The van der Waals surface area contributed by atoms with Gasteiger partial charge in [-0.05, 0) is 55.0 Å². The van der Waals surface area contributed by atoms with Crippen molar-refractivity contribution in [2.75, 3.05) is 19.4 Å². The van der Waals surface area contributed by atoms with E-state index in [0.29, 0.717) is 29.4 Å². The minimum Gasteiger partial charge on any atom is -0.497 e. The predicted octanol–water partition coefficient (Wildman–Crippen LogP) is 3.59. The molecule has 0 bridgehead atoms. The fourth-order valence-corrected chi connectivity index (χ4v) is 2.28. The summed E-state index contributed by atoms with van der Waals surface area (Å²) >= 11 is 5.86. The van der Waals surface area contributed by atoms with Crippen LogP contribution in [0.25, 0.3) is 0 Å². The number of rotatable bonds is 5. The van der Waals surface area contributed by atoms with Gasteiger partial charge >= 0.3 is 0 Å². The molecule has 1 amide bonds. The molecule has 0 fully saturated rings. The molecular weight excluding hydrogens is 300 g/mol. The van der Waals surface area contributed by atoms with Gasteiger partial charge in [-0.1, -0.05) is 11.6 Å². The Bertz CT molecular complexity index is 656. The number of benzene rings is 2. The van der Waals surface area contributed by atoms with Crippen molar-refractivity contribution in [3.05, 3.63) is 58.6 Å². The van der Waals surface area contributed by atoms with E-state index in [0.717, 1.165) is 11.3 Å². The average Bonchev–Trinajstić information content (AvgIpc) is 2.54. The van der Waals surface area contributed by atoms with Crippen LogP contribution in [-0.4, -0.2) is 24.5 Å². The summed E-state index contributed by atoms with van der Waals surface area (Å²) in [5.41, 5.74) is 8.11. The molecule has 0 saturated carbocycles. The van der Waals surface area contributed by atoms with Crippen molar-refractivity contribution in [2.24, 2.45) is 0 Å². The highest BCUT2D eigenvalue weighted by atomic mass is 35.5. The molecule has 116 valence electrons. The van der Waals surface area contributed by atoms with Crippen molar-refractivity contribution in [3.8, 4) is 5.75 Å². The highest BCUT2D eigenvalue weighted by Gasteiger charge is 2.16. The Balaban J connectivity index is 2.21. The summed E-state index contributed by atoms with van der Waals surface area (Å²) in [6.07, 6.45) is 0. The van der Waals surface area contributed by atoms with Crippen LogP contribution in [-0.2, 0) is 6.54 Å². The van der Waals surface area contributed by atoms with Crippen LogP contribution in [0.3, 0.4) is 0 Å². The third-order valence-corrected chi connectivity index (χ3v) is 3.72. The number of carbonyl (C=O) groups is 1. The fraction of sp³-hybridized carbons (Fsp3) is 0.235. The van der Waals surface area contributed by atoms with Gasteiger partial charge in [0.15, 0.2) is 0 Å². The molecule has 0 aromatic heterocycles. The predicted molar refractivity (Wildman–Crippen MR) is 89.3 cm³/mol. The van der Waals surface area contributed by atoms with Crippen LogP contribution in [0, 0.1) is 0 Å². The van der Waals surface area contributed by atoms with E-state index in [4.69, 9.17) is 22.1 Å². The Kier molecular flexibility index (Phi) is 5.28. The van der Waals surface area contributed by atoms with Crippen molar-refractivity contribution in [2.45, 2.75) is 13.5 Å². The van der Waals surface area contributed by atoms with Crippen molar-refractivity contribution in [3.63, 3.8) is 0 Å². The first-order valence-electron chi connectivity index (χ1n) is 7.02. The monoisotopic (exact) mass is 318 g/mol. The van der Waals surface area contributed by atoms with Gasteiger partial charge < -0.3 is 15.4 Å². The molecule has 0 unspecified atom stereocenters. The lowest BCUT2D eigenvalue weighted by atomic mass is 10.1. The standard InChI is InChI=1S/C17H19ClN2O2/c1-3-20(17(21)12-4-6-14(18)7-5-12)11-13-10-15(22-2)8-9-16(13)19/h4-10H,3,11,19H2,1-2H3. The summed E-state index contributed by atoms with van der Waals surface area (Å²) in [5, 5.41) is 0.608. The first-order valence-corrected chi connectivity index (χ1v) is 7.40. The largest absolute Gasteiger partial charge is 0.497 e. The van der Waals surface area contributed by atoms with Gasteiger partial charge in [-0.2, -0.15) is 0 Å². The third-order valence-electron chi connectivity index (χ3n) is 3.47. The second kappa shape index (κ2) is 7.18. The quantitative estimate of drug-likeness (QED) is 0.857. The summed E-state index contributed by atoms with van der Waals surface area (Å²) in [6.45, 7) is 2.95. The third kappa shape index (κ3) is 3.71. The smallest absolute Gasteiger partial charge is 0.254 e. The molecular formula is C17H19ClN2O2. The molecule has 0 heterocycles. The van der Waals surface area contributed by atoms with Crippen LogP contribution in [0.5, 0.6) is 5.75 Å². The maximum atomic E-state index is 12.6. The lowest BCUT2D eigenvalue weighted by Crippen LogP contribution is -2.30. The van der Waals surface area contributed by atoms with Gasteiger partial charge in [0.1, 0.15) is 5.75 Å². The molecule has 0 saturated heterocycles. The summed E-state index contributed by atoms with van der Waals surface area (Å²) in [4.78, 5) is 14.3. The minimum absolute atomic E-state index is 0.0543. The molecule has 2 rings (SSSR count). The Labute approximate surface area is 135 Å². The Morgan fingerprint density at radius 2 is 1.91 bits per heavy atom. The topological polar surface area (TPSA) is 55.6 Å². The maximum Gasteiger partial charge on any atom is 0.254 e. The number of anilines is 1. The number of ether oxygens (including phenoxy) is 1. The number of nitrogens with zero attached hydrogens (tertiary/aromatic N) is 1. The van der Waals surface area contributed by atoms with E-state index in [-0.39, 0.29) is 5.91 Å². The number of methoxy groups -OCH3 is 1. The summed E-state index contributed by atoms with van der Waals surface area (Å²) in [5.74, 6) is 0.667. The highest BCUT2D eigenvalue weighted by Crippen LogP contribution is 2.22. The molecule has 2 N–H and O–H groups in total. The van der Waals surface area contributed by atoms with Crippen LogP contribution in [0.4, 0.5) is 5.69 Å². The summed E-state index contributed by atoms with van der Waals surface area (Å²) in [7, 11) is 1.60. The first kappa shape index (κ1) is 16.2. The highest BCUT2D eigenvalue weighted by molar-refractivity contribution is 6.30. The van der Waals surface area contributed by atoms with E-state index in [2.05, 4.69) is 0 Å². The molecule has 0 spiro atoms. The van der Waals surface area contributed by atoms with E-state index in [1.807, 2.05) is 13.0 Å². The first-order chi connectivity index (χ1) is 10.5. The molecule has 22 heavy (non-hydrogen) atoms. The molecule has 0 aliphatic rings. The number of hydrogen-bond acceptors (Lipinski definition) is 3. The molecule has 0 aliphatic heterocycles. The van der Waals surface area contributed by atoms with Gasteiger partial charge in [-0.25, -0.2) is 0 Å². The number of halogens is 1. The van der Waals surface area contributed by atoms with Crippen LogP contribution in [0.1, 0.15) is 22.8 Å². The number of nitrogens with two attached hydrogens (primary N) is 1. The summed E-state index contributed by atoms with van der Waals surface area (Å²) < 4.78 is 5.21. The molecule has 0 aliphatic carbocycles. The van der Waals surface area contributed by atoms with Crippen LogP contribution < -0.4 is 10.5 Å². The van der Waals surface area contributed by atoms with E-state index in [9.17, 15) is 4.79 Å². The number of hydrogen-bond donors (Lipinski definition) is 1. The molecule has 0 atom stereocenters. The average molecular weight is 319 g/mol.